The van der Waals surface area contributed by atoms with Crippen LogP contribution in [0.15, 0.2) is 18.2 Å². The van der Waals surface area contributed by atoms with Crippen molar-refractivity contribution in [3.63, 3.8) is 0 Å². The summed E-state index contributed by atoms with van der Waals surface area (Å²) in [5, 5.41) is 9.05. The molecule has 98 valence electrons. The number of carbonyl (C=O) groups is 1. The van der Waals surface area contributed by atoms with Crippen LogP contribution < -0.4 is 4.74 Å². The second-order valence-electron chi connectivity index (χ2n) is 4.79. The van der Waals surface area contributed by atoms with Gasteiger partial charge in [0, 0.05) is 18.0 Å². The molecule has 1 aliphatic heterocycles. The minimum absolute atomic E-state index is 0.00768. The fourth-order valence-corrected chi connectivity index (χ4v) is 1.97. The maximum Gasteiger partial charge on any atom is 0.176 e. The number of nitrogens with zero attached hydrogens (tertiary/aromatic N) is 1. The first-order chi connectivity index (χ1) is 8.61. The minimum Gasteiger partial charge on any atom is -0.493 e. The van der Waals surface area contributed by atoms with Crippen LogP contribution in [0.1, 0.15) is 22.8 Å². The van der Waals surface area contributed by atoms with Crippen LogP contribution >= 0.6 is 0 Å². The largest absolute Gasteiger partial charge is 0.493 e. The molecule has 1 aliphatic rings. The quantitative estimate of drug-likeness (QED) is 0.794. The summed E-state index contributed by atoms with van der Waals surface area (Å²) in [7, 11) is 1.84. The van der Waals surface area contributed by atoms with Crippen molar-refractivity contribution in [3.8, 4) is 5.75 Å². The van der Waals surface area contributed by atoms with Crippen LogP contribution in [0.3, 0.4) is 0 Å². The average molecular weight is 249 g/mol. The SMILES string of the molecule is CC(CO)N(C)CC(=O)c1ccc2c(c1)CCO2. The van der Waals surface area contributed by atoms with E-state index in [0.717, 1.165) is 23.3 Å². The molecule has 0 aromatic heterocycles. The van der Waals surface area contributed by atoms with E-state index in [1.807, 2.05) is 37.1 Å². The van der Waals surface area contributed by atoms with Gasteiger partial charge in [0.1, 0.15) is 5.75 Å². The highest BCUT2D eigenvalue weighted by molar-refractivity contribution is 5.98. The Bertz CT molecular complexity index is 445. The average Bonchev–Trinajstić information content (AvgIpc) is 2.84. The predicted molar refractivity (Wildman–Crippen MR) is 69.1 cm³/mol. The molecule has 2 rings (SSSR count). The van der Waals surface area contributed by atoms with E-state index >= 15 is 0 Å². The number of Topliss-reactive ketones (excluding diaryl/α,β-unsaturated/α-hetero) is 1. The number of hydrogen-bond acceptors (Lipinski definition) is 4. The Morgan fingerprint density at radius 3 is 3.06 bits per heavy atom. The molecule has 0 radical (unpaired) electrons. The minimum atomic E-state index is -0.00768. The second kappa shape index (κ2) is 5.50. The van der Waals surface area contributed by atoms with Gasteiger partial charge < -0.3 is 9.84 Å². The van der Waals surface area contributed by atoms with Crippen molar-refractivity contribution in [2.75, 3.05) is 26.8 Å². The number of benzene rings is 1. The zero-order valence-corrected chi connectivity index (χ0v) is 10.8. The summed E-state index contributed by atoms with van der Waals surface area (Å²) in [4.78, 5) is 14.0. The van der Waals surface area contributed by atoms with Gasteiger partial charge in [-0.3, -0.25) is 9.69 Å². The lowest BCUT2D eigenvalue weighted by molar-refractivity contribution is 0.0890. The van der Waals surface area contributed by atoms with Gasteiger partial charge in [0.05, 0.1) is 19.8 Å². The summed E-state index contributed by atoms with van der Waals surface area (Å²) in [6.45, 7) is 2.97. The zero-order valence-electron chi connectivity index (χ0n) is 10.8. The molecule has 0 amide bonds. The van der Waals surface area contributed by atoms with Gasteiger partial charge in [-0.1, -0.05) is 0 Å². The third kappa shape index (κ3) is 2.71. The van der Waals surface area contributed by atoms with E-state index in [9.17, 15) is 4.79 Å². The highest BCUT2D eigenvalue weighted by Gasteiger charge is 2.17. The molecule has 0 aliphatic carbocycles. The lowest BCUT2D eigenvalue weighted by Crippen LogP contribution is -2.36. The van der Waals surface area contributed by atoms with Crippen LogP contribution in [0.4, 0.5) is 0 Å². The van der Waals surface area contributed by atoms with Gasteiger partial charge in [0.15, 0.2) is 5.78 Å². The third-order valence-corrected chi connectivity index (χ3v) is 3.42. The first kappa shape index (κ1) is 13.1. The van der Waals surface area contributed by atoms with E-state index in [2.05, 4.69) is 0 Å². The molecule has 0 saturated heterocycles. The molecule has 1 aromatic carbocycles. The number of carbonyl (C=O) groups excluding carboxylic acids is 1. The van der Waals surface area contributed by atoms with Crippen molar-refractivity contribution < 1.29 is 14.6 Å². The fourth-order valence-electron chi connectivity index (χ4n) is 1.97. The lowest BCUT2D eigenvalue weighted by Gasteiger charge is -2.21. The molecule has 4 nitrogen and oxygen atoms in total. The van der Waals surface area contributed by atoms with E-state index in [4.69, 9.17) is 9.84 Å². The number of aliphatic hydroxyl groups excluding tert-OH is 1. The Kier molecular flexibility index (Phi) is 3.99. The van der Waals surface area contributed by atoms with Crippen LogP contribution in [-0.4, -0.2) is 48.6 Å². The molecule has 0 fully saturated rings. The molecular formula is C14H19NO3. The number of likely N-dealkylation sites (N-methyl/N-ethyl adjacent to an activating group) is 1. The molecule has 1 heterocycles. The molecule has 1 aromatic rings. The summed E-state index contributed by atoms with van der Waals surface area (Å²) >= 11 is 0. The van der Waals surface area contributed by atoms with Crippen LogP contribution in [-0.2, 0) is 6.42 Å². The normalized spacial score (nSPS) is 15.3. The van der Waals surface area contributed by atoms with Gasteiger partial charge in [0.25, 0.3) is 0 Å². The number of fused-ring (bicyclic) bond motifs is 1. The lowest BCUT2D eigenvalue weighted by atomic mass is 10.0. The number of hydrogen-bond donors (Lipinski definition) is 1. The number of aliphatic hydroxyl groups is 1. The van der Waals surface area contributed by atoms with Crippen molar-refractivity contribution in [1.29, 1.82) is 0 Å². The zero-order chi connectivity index (χ0) is 13.1. The molecule has 4 heteroatoms. The molecule has 0 saturated carbocycles. The number of rotatable bonds is 5. The second-order valence-corrected chi connectivity index (χ2v) is 4.79. The van der Waals surface area contributed by atoms with E-state index < -0.39 is 0 Å². The van der Waals surface area contributed by atoms with Crippen molar-refractivity contribution >= 4 is 5.78 Å². The van der Waals surface area contributed by atoms with Crippen LogP contribution in [0.25, 0.3) is 0 Å². The van der Waals surface area contributed by atoms with Crippen LogP contribution in [0.5, 0.6) is 5.75 Å². The van der Waals surface area contributed by atoms with Gasteiger partial charge >= 0.3 is 0 Å². The van der Waals surface area contributed by atoms with Crippen molar-refractivity contribution in [2.24, 2.45) is 0 Å². The van der Waals surface area contributed by atoms with Gasteiger partial charge in [-0.05, 0) is 37.7 Å². The Balaban J connectivity index is 2.05. The van der Waals surface area contributed by atoms with Crippen molar-refractivity contribution in [1.82, 2.24) is 4.90 Å². The van der Waals surface area contributed by atoms with Crippen LogP contribution in [0, 0.1) is 0 Å². The molecule has 1 unspecified atom stereocenters. The molecular weight excluding hydrogens is 230 g/mol. The highest BCUT2D eigenvalue weighted by atomic mass is 16.5. The third-order valence-electron chi connectivity index (χ3n) is 3.42. The Morgan fingerprint density at radius 2 is 2.33 bits per heavy atom. The van der Waals surface area contributed by atoms with Gasteiger partial charge in [0.2, 0.25) is 0 Å². The summed E-state index contributed by atoms with van der Waals surface area (Å²) in [5.74, 6) is 0.969. The Morgan fingerprint density at radius 1 is 1.56 bits per heavy atom. The molecule has 1 atom stereocenters. The smallest absolute Gasteiger partial charge is 0.176 e. The first-order valence-corrected chi connectivity index (χ1v) is 6.22. The number of ketones is 1. The molecule has 1 N–H and O–H groups in total. The van der Waals surface area contributed by atoms with E-state index in [-0.39, 0.29) is 18.4 Å². The van der Waals surface area contributed by atoms with E-state index in [1.165, 1.54) is 0 Å². The summed E-state index contributed by atoms with van der Waals surface area (Å²) in [6.07, 6.45) is 0.874. The fraction of sp³-hybridized carbons (Fsp3) is 0.500. The summed E-state index contributed by atoms with van der Waals surface area (Å²) in [6, 6.07) is 5.59. The maximum atomic E-state index is 12.1. The Hall–Kier alpha value is -1.39. The monoisotopic (exact) mass is 249 g/mol. The molecule has 0 bridgehead atoms. The first-order valence-electron chi connectivity index (χ1n) is 6.22. The summed E-state index contributed by atoms with van der Waals surface area (Å²) < 4.78 is 5.42. The van der Waals surface area contributed by atoms with E-state index in [1.54, 1.807) is 0 Å². The van der Waals surface area contributed by atoms with Crippen molar-refractivity contribution in [3.05, 3.63) is 29.3 Å². The van der Waals surface area contributed by atoms with Gasteiger partial charge in [-0.15, -0.1) is 0 Å². The predicted octanol–water partition coefficient (Wildman–Crippen LogP) is 1.12. The maximum absolute atomic E-state index is 12.1. The van der Waals surface area contributed by atoms with Crippen molar-refractivity contribution in [2.45, 2.75) is 19.4 Å². The Labute approximate surface area is 107 Å². The summed E-state index contributed by atoms with van der Waals surface area (Å²) in [5.41, 5.74) is 1.83. The van der Waals surface area contributed by atoms with Gasteiger partial charge in [-0.2, -0.15) is 0 Å². The van der Waals surface area contributed by atoms with E-state index in [0.29, 0.717) is 13.2 Å². The molecule has 18 heavy (non-hydrogen) atoms. The number of ether oxygens (including phenoxy) is 1. The van der Waals surface area contributed by atoms with Crippen LogP contribution in [0.2, 0.25) is 0 Å². The standard InChI is InChI=1S/C14H19NO3/c1-10(9-16)15(2)8-13(17)11-3-4-14-12(7-11)5-6-18-14/h3-4,7,10,16H,5-6,8-9H2,1-2H3. The highest BCUT2D eigenvalue weighted by Crippen LogP contribution is 2.26. The van der Waals surface area contributed by atoms with Gasteiger partial charge in [-0.25, -0.2) is 0 Å². The topological polar surface area (TPSA) is 49.8 Å². The molecule has 0 spiro atoms.